The highest BCUT2D eigenvalue weighted by Gasteiger charge is 2.44. The third-order valence-corrected chi connectivity index (χ3v) is 11.9. The van der Waals surface area contributed by atoms with Crippen LogP contribution in [0.4, 0.5) is 0 Å². The molecule has 0 bridgehead atoms. The minimum Gasteiger partial charge on any atom is -0.309 e. The third kappa shape index (κ3) is 3.71. The molecule has 5 aromatic carbocycles. The van der Waals surface area contributed by atoms with Crippen molar-refractivity contribution in [3.63, 3.8) is 0 Å². The predicted octanol–water partition coefficient (Wildman–Crippen LogP) is 7.62. The molecule has 0 amide bonds. The molecule has 1 aliphatic rings. The second kappa shape index (κ2) is 9.47. The van der Waals surface area contributed by atoms with Gasteiger partial charge in [0, 0.05) is 27.8 Å². The second-order valence-corrected chi connectivity index (χ2v) is 15.6. The van der Waals surface area contributed by atoms with Gasteiger partial charge in [-0.3, -0.25) is 0 Å². The van der Waals surface area contributed by atoms with E-state index in [0.717, 1.165) is 22.5 Å². The summed E-state index contributed by atoms with van der Waals surface area (Å²) in [5, 5.41) is 4.19. The van der Waals surface area contributed by atoms with Crippen LogP contribution in [0, 0.1) is 0 Å². The fraction of sp³-hybridized carbons (Fsp3) is 0.0541. The maximum absolute atomic E-state index is 5.13. The largest absolute Gasteiger partial charge is 0.309 e. The van der Waals surface area contributed by atoms with Crippen LogP contribution in [0.5, 0.6) is 0 Å². The molecule has 2 aromatic heterocycles. The summed E-state index contributed by atoms with van der Waals surface area (Å²) < 4.78 is 2.45. The molecule has 0 radical (unpaired) electrons. The molecule has 0 spiro atoms. The van der Waals surface area contributed by atoms with Crippen LogP contribution >= 0.6 is 0 Å². The van der Waals surface area contributed by atoms with E-state index in [1.807, 2.05) is 36.4 Å². The van der Waals surface area contributed by atoms with Crippen molar-refractivity contribution in [2.75, 3.05) is 0 Å². The van der Waals surface area contributed by atoms with Gasteiger partial charge >= 0.3 is 0 Å². The average Bonchev–Trinajstić information content (AvgIpc) is 3.52. The molecule has 1 aliphatic heterocycles. The highest BCUT2D eigenvalue weighted by molar-refractivity contribution is 7.06. The van der Waals surface area contributed by atoms with Crippen molar-refractivity contribution in [1.29, 1.82) is 0 Å². The number of hydrogen-bond acceptors (Lipinski definition) is 3. The van der Waals surface area contributed by atoms with Gasteiger partial charge in [-0.2, -0.15) is 0 Å². The summed E-state index contributed by atoms with van der Waals surface area (Å²) in [5.74, 6) is 2.10. The topological polar surface area (TPSA) is 43.6 Å². The van der Waals surface area contributed by atoms with E-state index >= 15 is 0 Å². The van der Waals surface area contributed by atoms with Gasteiger partial charge in [0.05, 0.1) is 11.2 Å². The van der Waals surface area contributed by atoms with Gasteiger partial charge < -0.3 is 4.57 Å². The van der Waals surface area contributed by atoms with Gasteiger partial charge in [-0.05, 0) is 34.1 Å². The number of aromatic nitrogens is 4. The Morgan fingerprint density at radius 1 is 0.476 bits per heavy atom. The van der Waals surface area contributed by atoms with Crippen LogP contribution in [-0.2, 0) is 0 Å². The lowest BCUT2D eigenvalue weighted by atomic mass is 10.1. The number of fused-ring (bicyclic) bond motifs is 5. The van der Waals surface area contributed by atoms with Gasteiger partial charge in [0.25, 0.3) is 0 Å². The minimum absolute atomic E-state index is 0.686. The minimum atomic E-state index is -2.20. The zero-order chi connectivity index (χ0) is 28.3. The monoisotopic (exact) mass is 556 g/mol. The van der Waals surface area contributed by atoms with Gasteiger partial charge in [0.2, 0.25) is 0 Å². The predicted molar refractivity (Wildman–Crippen MR) is 175 cm³/mol. The zero-order valence-corrected chi connectivity index (χ0v) is 24.5. The van der Waals surface area contributed by atoms with Crippen LogP contribution in [-0.4, -0.2) is 27.6 Å². The second-order valence-electron chi connectivity index (χ2n) is 11.3. The van der Waals surface area contributed by atoms with Gasteiger partial charge in [-0.25, -0.2) is 15.0 Å². The Balaban J connectivity index is 1.42. The first kappa shape index (κ1) is 24.6. The highest BCUT2D eigenvalue weighted by Crippen LogP contribution is 2.39. The summed E-state index contributed by atoms with van der Waals surface area (Å²) >= 11 is 0. The lowest BCUT2D eigenvalue weighted by Crippen LogP contribution is -2.50. The lowest BCUT2D eigenvalue weighted by Gasteiger charge is -2.22. The van der Waals surface area contributed by atoms with E-state index in [1.165, 1.54) is 38.2 Å². The van der Waals surface area contributed by atoms with Crippen molar-refractivity contribution in [1.82, 2.24) is 19.5 Å². The van der Waals surface area contributed by atoms with Gasteiger partial charge in [-0.1, -0.05) is 128 Å². The Kier molecular flexibility index (Phi) is 5.56. The van der Waals surface area contributed by atoms with E-state index in [1.54, 1.807) is 0 Å². The summed E-state index contributed by atoms with van der Waals surface area (Å²) in [6.45, 7) is 4.95. The van der Waals surface area contributed by atoms with E-state index in [4.69, 9.17) is 15.0 Å². The first-order valence-corrected chi connectivity index (χ1v) is 17.3. The molecule has 0 N–H and O–H groups in total. The molecule has 200 valence electrons. The van der Waals surface area contributed by atoms with Crippen LogP contribution in [0.2, 0.25) is 13.1 Å². The number of nitrogens with zero attached hydrogens (tertiary/aromatic N) is 4. The molecule has 7 aromatic rings. The molecule has 0 atom stereocenters. The maximum Gasteiger partial charge on any atom is 0.164 e. The smallest absolute Gasteiger partial charge is 0.164 e. The summed E-state index contributed by atoms with van der Waals surface area (Å²) in [7, 11) is -2.20. The molecule has 8 rings (SSSR count). The molecule has 0 fully saturated rings. The first-order chi connectivity index (χ1) is 20.6. The van der Waals surface area contributed by atoms with Crippen molar-refractivity contribution in [3.05, 3.63) is 133 Å². The Bertz CT molecular complexity index is 2040. The summed E-state index contributed by atoms with van der Waals surface area (Å²) in [6.07, 6.45) is 0. The first-order valence-electron chi connectivity index (χ1n) is 14.3. The molecule has 3 heterocycles. The molecule has 4 nitrogen and oxygen atoms in total. The normalized spacial score (nSPS) is 13.2. The molecular weight excluding hydrogens is 529 g/mol. The van der Waals surface area contributed by atoms with Gasteiger partial charge in [0.1, 0.15) is 8.07 Å². The van der Waals surface area contributed by atoms with Crippen LogP contribution < -0.4 is 10.4 Å². The number of hydrogen-bond donors (Lipinski definition) is 0. The lowest BCUT2D eigenvalue weighted by molar-refractivity contribution is 1.07. The van der Waals surface area contributed by atoms with Crippen molar-refractivity contribution < 1.29 is 0 Å². The zero-order valence-electron chi connectivity index (χ0n) is 23.5. The molecule has 42 heavy (non-hydrogen) atoms. The Hall–Kier alpha value is -5.13. The van der Waals surface area contributed by atoms with Gasteiger partial charge in [0.15, 0.2) is 17.5 Å². The standard InChI is InChI=1S/C37H28N4Si/c1-42(2)33-29(32-34(42)28-21-12-13-24-31(28)41(32)27-19-10-5-11-20-27)22-14-23-30(33)37-39-35(25-15-6-3-7-16-25)38-36(40-37)26-17-8-4-9-18-26/h3-24H,1-2H3. The van der Waals surface area contributed by atoms with Crippen LogP contribution in [0.3, 0.4) is 0 Å². The van der Waals surface area contributed by atoms with Crippen LogP contribution in [0.15, 0.2) is 133 Å². The van der Waals surface area contributed by atoms with Crippen LogP contribution in [0.25, 0.3) is 62.0 Å². The van der Waals surface area contributed by atoms with E-state index in [-0.39, 0.29) is 0 Å². The molecule has 0 saturated heterocycles. The van der Waals surface area contributed by atoms with E-state index < -0.39 is 8.07 Å². The van der Waals surface area contributed by atoms with Crippen LogP contribution in [0.1, 0.15) is 0 Å². The fourth-order valence-corrected chi connectivity index (χ4v) is 10.4. The number of rotatable bonds is 4. The summed E-state index contributed by atoms with van der Waals surface area (Å²) in [4.78, 5) is 15.2. The van der Waals surface area contributed by atoms with Crippen molar-refractivity contribution in [2.24, 2.45) is 0 Å². The highest BCUT2D eigenvalue weighted by atomic mass is 28.3. The average molecular weight is 557 g/mol. The van der Waals surface area contributed by atoms with Crippen molar-refractivity contribution >= 4 is 29.4 Å². The van der Waals surface area contributed by atoms with E-state index in [2.05, 4.69) is 115 Å². The van der Waals surface area contributed by atoms with Crippen molar-refractivity contribution in [3.8, 4) is 51.1 Å². The SMILES string of the molecule is C[Si]1(C)c2c(-c3nc(-c4ccccc4)nc(-c4ccccc4)n3)cccc2-c2c1c1ccccc1n2-c1ccccc1. The molecule has 5 heteroatoms. The van der Waals surface area contributed by atoms with Crippen molar-refractivity contribution in [2.45, 2.75) is 13.1 Å². The number of benzene rings is 5. The maximum atomic E-state index is 5.13. The Morgan fingerprint density at radius 2 is 1.00 bits per heavy atom. The van der Waals surface area contributed by atoms with E-state index in [9.17, 15) is 0 Å². The molecule has 0 aliphatic carbocycles. The third-order valence-electron chi connectivity index (χ3n) is 8.40. The number of para-hydroxylation sites is 2. The summed E-state index contributed by atoms with van der Waals surface area (Å²) in [6, 6.07) is 46.6. The molecular formula is C37H28N4Si. The Labute approximate surface area is 246 Å². The Morgan fingerprint density at radius 3 is 1.64 bits per heavy atom. The molecule has 0 unspecified atom stereocenters. The summed E-state index contributed by atoms with van der Waals surface area (Å²) in [5.41, 5.74) is 8.07. The van der Waals surface area contributed by atoms with Gasteiger partial charge in [-0.15, -0.1) is 0 Å². The molecule has 0 saturated carbocycles. The fourth-order valence-electron chi connectivity index (χ4n) is 6.64. The van der Waals surface area contributed by atoms with E-state index in [0.29, 0.717) is 11.6 Å². The quantitative estimate of drug-likeness (QED) is 0.210.